The molecule has 1 aromatic carbocycles. The lowest BCUT2D eigenvalue weighted by Gasteiger charge is -2.26. The van der Waals surface area contributed by atoms with E-state index in [1.54, 1.807) is 0 Å². The van der Waals surface area contributed by atoms with Crippen molar-refractivity contribution in [1.29, 1.82) is 0 Å². The average Bonchev–Trinajstić information content (AvgIpc) is 2.67. The van der Waals surface area contributed by atoms with E-state index >= 15 is 0 Å². The summed E-state index contributed by atoms with van der Waals surface area (Å²) < 4.78 is 36.8. The Kier molecular flexibility index (Phi) is 7.76. The van der Waals surface area contributed by atoms with Crippen molar-refractivity contribution < 1.29 is 27.5 Å². The second-order valence-electron chi connectivity index (χ2n) is 6.38. The van der Waals surface area contributed by atoms with Crippen LogP contribution in [0.2, 0.25) is 0 Å². The van der Waals surface area contributed by atoms with Gasteiger partial charge in [-0.25, -0.2) is 13.2 Å². The summed E-state index contributed by atoms with van der Waals surface area (Å²) in [6, 6.07) is 5.64. The molecule has 1 saturated heterocycles. The third-order valence-corrected chi connectivity index (χ3v) is 6.04. The normalized spacial score (nSPS) is 16.5. The second kappa shape index (κ2) is 9.82. The number of nitrogens with one attached hydrogen (secondary N) is 1. The number of nitrogens with zero attached hydrogens (tertiary/aromatic N) is 1. The van der Waals surface area contributed by atoms with Gasteiger partial charge in [-0.1, -0.05) is 19.4 Å². The van der Waals surface area contributed by atoms with Crippen LogP contribution in [0.4, 0.5) is 0 Å². The lowest BCUT2D eigenvalue weighted by Crippen LogP contribution is -2.40. The molecular weight excluding hydrogens is 372 g/mol. The molecule has 1 atom stereocenters. The van der Waals surface area contributed by atoms with Crippen molar-refractivity contribution in [2.24, 2.45) is 0 Å². The van der Waals surface area contributed by atoms with Crippen LogP contribution in [-0.2, 0) is 24.3 Å². The Morgan fingerprint density at radius 1 is 1.30 bits per heavy atom. The van der Waals surface area contributed by atoms with E-state index in [4.69, 9.17) is 9.47 Å². The number of hydrogen-bond donors (Lipinski definition) is 1. The SMILES string of the molecule is CCCC(C)NC(=O)COC(=O)c1cccc(S(=O)(=O)N2CCOCC2)c1. The van der Waals surface area contributed by atoms with Crippen molar-refractivity contribution in [3.05, 3.63) is 29.8 Å². The van der Waals surface area contributed by atoms with E-state index in [1.165, 1.54) is 28.6 Å². The highest BCUT2D eigenvalue weighted by Gasteiger charge is 2.27. The number of rotatable bonds is 8. The summed E-state index contributed by atoms with van der Waals surface area (Å²) in [4.78, 5) is 24.0. The molecule has 1 aliphatic heterocycles. The van der Waals surface area contributed by atoms with Crippen LogP contribution in [-0.4, -0.2) is 63.6 Å². The van der Waals surface area contributed by atoms with Gasteiger partial charge < -0.3 is 14.8 Å². The van der Waals surface area contributed by atoms with Crippen molar-refractivity contribution in [1.82, 2.24) is 9.62 Å². The van der Waals surface area contributed by atoms with E-state index in [1.807, 2.05) is 13.8 Å². The zero-order chi connectivity index (χ0) is 19.9. The third kappa shape index (κ3) is 6.02. The van der Waals surface area contributed by atoms with Gasteiger partial charge in [0.1, 0.15) is 0 Å². The molecule has 27 heavy (non-hydrogen) atoms. The van der Waals surface area contributed by atoms with Crippen LogP contribution < -0.4 is 5.32 Å². The number of amides is 1. The average molecular weight is 398 g/mol. The fourth-order valence-electron chi connectivity index (χ4n) is 2.76. The third-order valence-electron chi connectivity index (χ3n) is 4.14. The van der Waals surface area contributed by atoms with Crippen LogP contribution in [0.5, 0.6) is 0 Å². The van der Waals surface area contributed by atoms with Crippen molar-refractivity contribution in [3.8, 4) is 0 Å². The van der Waals surface area contributed by atoms with Crippen LogP contribution in [0, 0.1) is 0 Å². The van der Waals surface area contributed by atoms with Gasteiger partial charge in [0.15, 0.2) is 6.61 Å². The van der Waals surface area contributed by atoms with Crippen molar-refractivity contribution >= 4 is 21.9 Å². The van der Waals surface area contributed by atoms with E-state index in [9.17, 15) is 18.0 Å². The fraction of sp³-hybridized carbons (Fsp3) is 0.556. The Hall–Kier alpha value is -1.97. The topological polar surface area (TPSA) is 102 Å². The van der Waals surface area contributed by atoms with Gasteiger partial charge in [-0.2, -0.15) is 4.31 Å². The quantitative estimate of drug-likeness (QED) is 0.660. The van der Waals surface area contributed by atoms with E-state index in [2.05, 4.69) is 5.32 Å². The fourth-order valence-corrected chi connectivity index (χ4v) is 4.21. The standard InChI is InChI=1S/C18H26N2O6S/c1-3-5-14(2)19-17(21)13-26-18(22)15-6-4-7-16(12-15)27(23,24)20-8-10-25-11-9-20/h4,6-7,12,14H,3,5,8-11,13H2,1-2H3,(H,19,21). The lowest BCUT2D eigenvalue weighted by molar-refractivity contribution is -0.124. The molecule has 0 radical (unpaired) electrons. The largest absolute Gasteiger partial charge is 0.452 e. The van der Waals surface area contributed by atoms with E-state index in [-0.39, 0.29) is 35.5 Å². The molecule has 1 N–H and O–H groups in total. The van der Waals surface area contributed by atoms with E-state index in [0.29, 0.717) is 13.2 Å². The van der Waals surface area contributed by atoms with Crippen LogP contribution in [0.15, 0.2) is 29.2 Å². The monoisotopic (exact) mass is 398 g/mol. The molecule has 1 heterocycles. The summed E-state index contributed by atoms with van der Waals surface area (Å²) in [7, 11) is -3.71. The van der Waals surface area contributed by atoms with Gasteiger partial charge in [-0.15, -0.1) is 0 Å². The second-order valence-corrected chi connectivity index (χ2v) is 8.32. The van der Waals surface area contributed by atoms with E-state index < -0.39 is 22.6 Å². The Bertz CT molecular complexity index is 759. The Labute approximate surface area is 159 Å². The van der Waals surface area contributed by atoms with Crippen molar-refractivity contribution in [3.63, 3.8) is 0 Å². The lowest BCUT2D eigenvalue weighted by atomic mass is 10.2. The van der Waals surface area contributed by atoms with Crippen LogP contribution in [0.25, 0.3) is 0 Å². The van der Waals surface area contributed by atoms with Gasteiger partial charge in [0.2, 0.25) is 10.0 Å². The molecule has 9 heteroatoms. The summed E-state index contributed by atoms with van der Waals surface area (Å²) in [5.74, 6) is -1.13. The first kappa shape index (κ1) is 21.3. The van der Waals surface area contributed by atoms with Crippen molar-refractivity contribution in [2.45, 2.75) is 37.6 Å². The highest BCUT2D eigenvalue weighted by molar-refractivity contribution is 7.89. The number of carbonyl (C=O) groups excluding carboxylic acids is 2. The molecule has 0 bridgehead atoms. The first-order chi connectivity index (χ1) is 12.8. The Balaban J connectivity index is 1.99. The number of benzene rings is 1. The van der Waals surface area contributed by atoms with Crippen molar-refractivity contribution in [2.75, 3.05) is 32.9 Å². The number of morpholine rings is 1. The highest BCUT2D eigenvalue weighted by atomic mass is 32.2. The maximum Gasteiger partial charge on any atom is 0.338 e. The van der Waals surface area contributed by atoms with Gasteiger partial charge in [-0.05, 0) is 31.5 Å². The summed E-state index contributed by atoms with van der Waals surface area (Å²) in [5.41, 5.74) is 0.0822. The molecule has 0 spiro atoms. The van der Waals surface area contributed by atoms with Crippen LogP contribution in [0.3, 0.4) is 0 Å². The van der Waals surface area contributed by atoms with E-state index in [0.717, 1.165) is 12.8 Å². The smallest absolute Gasteiger partial charge is 0.338 e. The maximum absolute atomic E-state index is 12.7. The molecular formula is C18H26N2O6S. The molecule has 1 fully saturated rings. The molecule has 1 aromatic rings. The minimum atomic E-state index is -3.71. The summed E-state index contributed by atoms with van der Waals surface area (Å²) >= 11 is 0. The van der Waals surface area contributed by atoms with Gasteiger partial charge >= 0.3 is 5.97 Å². The molecule has 0 saturated carbocycles. The molecule has 0 aliphatic carbocycles. The summed E-state index contributed by atoms with van der Waals surface area (Å²) in [6.07, 6.45) is 1.77. The molecule has 1 amide bonds. The predicted octanol–water partition coefficient (Wildman–Crippen LogP) is 1.17. The first-order valence-electron chi connectivity index (χ1n) is 8.99. The number of ether oxygens (including phenoxy) is 2. The summed E-state index contributed by atoms with van der Waals surface area (Å²) in [5, 5.41) is 2.74. The van der Waals surface area contributed by atoms with Gasteiger partial charge in [0.25, 0.3) is 5.91 Å². The zero-order valence-electron chi connectivity index (χ0n) is 15.6. The maximum atomic E-state index is 12.7. The Morgan fingerprint density at radius 2 is 2.00 bits per heavy atom. The molecule has 150 valence electrons. The number of sulfonamides is 1. The predicted molar refractivity (Wildman–Crippen MR) is 98.8 cm³/mol. The molecule has 2 rings (SSSR count). The first-order valence-corrected chi connectivity index (χ1v) is 10.4. The Morgan fingerprint density at radius 3 is 2.67 bits per heavy atom. The van der Waals surface area contributed by atoms with Crippen LogP contribution in [0.1, 0.15) is 37.0 Å². The van der Waals surface area contributed by atoms with Crippen LogP contribution >= 0.6 is 0 Å². The summed E-state index contributed by atoms with van der Waals surface area (Å²) in [6.45, 7) is 4.70. The highest BCUT2D eigenvalue weighted by Crippen LogP contribution is 2.18. The minimum Gasteiger partial charge on any atom is -0.452 e. The number of esters is 1. The number of hydrogen-bond acceptors (Lipinski definition) is 6. The number of carbonyl (C=O) groups is 2. The molecule has 1 aliphatic rings. The molecule has 8 nitrogen and oxygen atoms in total. The van der Waals surface area contributed by atoms with Gasteiger partial charge in [-0.3, -0.25) is 4.79 Å². The molecule has 1 unspecified atom stereocenters. The van der Waals surface area contributed by atoms with Gasteiger partial charge in [0.05, 0.1) is 23.7 Å². The minimum absolute atomic E-state index is 0.00296. The zero-order valence-corrected chi connectivity index (χ0v) is 16.5. The molecule has 0 aromatic heterocycles. The van der Waals surface area contributed by atoms with Gasteiger partial charge in [0, 0.05) is 19.1 Å².